The number of nitrogens with one attached hydrogen (secondary N) is 2. The molecule has 0 radical (unpaired) electrons. The second-order valence-corrected chi connectivity index (χ2v) is 4.64. The first-order valence-electron chi connectivity index (χ1n) is 6.19. The molecule has 0 aliphatic carbocycles. The van der Waals surface area contributed by atoms with Crippen molar-refractivity contribution in [2.75, 3.05) is 13.1 Å². The zero-order chi connectivity index (χ0) is 11.4. The van der Waals surface area contributed by atoms with E-state index in [0.29, 0.717) is 6.04 Å². The van der Waals surface area contributed by atoms with Crippen molar-refractivity contribution in [3.63, 3.8) is 0 Å². The summed E-state index contributed by atoms with van der Waals surface area (Å²) in [5, 5.41) is 11.3. The highest BCUT2D eigenvalue weighted by atomic mass is 15.3. The maximum Gasteiger partial charge on any atom is 0.0537 e. The van der Waals surface area contributed by atoms with Gasteiger partial charge in [-0.2, -0.15) is 5.10 Å². The molecule has 2 rings (SSSR count). The van der Waals surface area contributed by atoms with Crippen LogP contribution in [0.1, 0.15) is 30.5 Å². The van der Waals surface area contributed by atoms with E-state index in [4.69, 9.17) is 0 Å². The van der Waals surface area contributed by atoms with Crippen LogP contribution in [0.25, 0.3) is 0 Å². The second kappa shape index (κ2) is 5.46. The number of nitrogens with zero attached hydrogens (tertiary/aromatic N) is 2. The summed E-state index contributed by atoms with van der Waals surface area (Å²) in [7, 11) is 1.99. The highest BCUT2D eigenvalue weighted by Crippen LogP contribution is 2.09. The summed E-state index contributed by atoms with van der Waals surface area (Å²) in [6.07, 6.45) is 5.77. The van der Waals surface area contributed by atoms with E-state index in [2.05, 4.69) is 22.7 Å². The fourth-order valence-corrected chi connectivity index (χ4v) is 2.20. The molecule has 0 aromatic carbocycles. The molecule has 1 aromatic rings. The average Bonchev–Trinajstić information content (AvgIpc) is 2.53. The smallest absolute Gasteiger partial charge is 0.0537 e. The van der Waals surface area contributed by atoms with Crippen LogP contribution in [0.2, 0.25) is 0 Å². The molecule has 16 heavy (non-hydrogen) atoms. The fourth-order valence-electron chi connectivity index (χ4n) is 2.20. The van der Waals surface area contributed by atoms with Crippen LogP contribution in [0, 0.1) is 6.92 Å². The highest BCUT2D eigenvalue weighted by molar-refractivity contribution is 5.15. The van der Waals surface area contributed by atoms with Crippen LogP contribution in [-0.2, 0) is 13.6 Å². The SMILES string of the molecule is Cc1c(CNC2CCCNCC2)cnn1C. The zero-order valence-electron chi connectivity index (χ0n) is 10.3. The third-order valence-electron chi connectivity index (χ3n) is 3.49. The largest absolute Gasteiger partial charge is 0.317 e. The third-order valence-corrected chi connectivity index (χ3v) is 3.49. The summed E-state index contributed by atoms with van der Waals surface area (Å²) in [5.41, 5.74) is 2.58. The van der Waals surface area contributed by atoms with Gasteiger partial charge in [-0.05, 0) is 39.3 Å². The lowest BCUT2D eigenvalue weighted by atomic mass is 10.1. The molecule has 0 saturated carbocycles. The Hall–Kier alpha value is -0.870. The molecular formula is C12H22N4. The van der Waals surface area contributed by atoms with Gasteiger partial charge in [0.15, 0.2) is 0 Å². The molecule has 1 aliphatic rings. The van der Waals surface area contributed by atoms with Crippen molar-refractivity contribution < 1.29 is 0 Å². The van der Waals surface area contributed by atoms with Gasteiger partial charge in [0.1, 0.15) is 0 Å². The fraction of sp³-hybridized carbons (Fsp3) is 0.750. The minimum absolute atomic E-state index is 0.662. The molecule has 4 nitrogen and oxygen atoms in total. The summed E-state index contributed by atoms with van der Waals surface area (Å²) < 4.78 is 1.94. The van der Waals surface area contributed by atoms with Crippen molar-refractivity contribution in [2.24, 2.45) is 7.05 Å². The summed E-state index contributed by atoms with van der Waals surface area (Å²) in [5.74, 6) is 0. The first kappa shape index (κ1) is 11.6. The number of aromatic nitrogens is 2. The molecule has 1 fully saturated rings. The van der Waals surface area contributed by atoms with Gasteiger partial charge in [-0.15, -0.1) is 0 Å². The summed E-state index contributed by atoms with van der Waals surface area (Å²) in [4.78, 5) is 0. The summed E-state index contributed by atoms with van der Waals surface area (Å²) in [6, 6.07) is 0.662. The van der Waals surface area contributed by atoms with Gasteiger partial charge in [-0.25, -0.2) is 0 Å². The number of rotatable bonds is 3. The van der Waals surface area contributed by atoms with E-state index in [0.717, 1.165) is 13.1 Å². The summed E-state index contributed by atoms with van der Waals surface area (Å²) >= 11 is 0. The Labute approximate surface area is 97.4 Å². The van der Waals surface area contributed by atoms with Gasteiger partial charge in [-0.3, -0.25) is 4.68 Å². The second-order valence-electron chi connectivity index (χ2n) is 4.64. The van der Waals surface area contributed by atoms with Crippen LogP contribution in [0.15, 0.2) is 6.20 Å². The maximum atomic E-state index is 4.26. The maximum absolute atomic E-state index is 4.26. The lowest BCUT2D eigenvalue weighted by Crippen LogP contribution is -2.29. The van der Waals surface area contributed by atoms with E-state index >= 15 is 0 Å². The molecule has 1 atom stereocenters. The minimum atomic E-state index is 0.662. The molecule has 90 valence electrons. The lowest BCUT2D eigenvalue weighted by Gasteiger charge is -2.15. The Bertz CT molecular complexity index is 324. The van der Waals surface area contributed by atoms with Gasteiger partial charge in [0.05, 0.1) is 6.20 Å². The molecular weight excluding hydrogens is 200 g/mol. The van der Waals surface area contributed by atoms with Gasteiger partial charge >= 0.3 is 0 Å². The van der Waals surface area contributed by atoms with Gasteiger partial charge in [-0.1, -0.05) is 0 Å². The quantitative estimate of drug-likeness (QED) is 0.800. The minimum Gasteiger partial charge on any atom is -0.317 e. The van der Waals surface area contributed by atoms with Crippen molar-refractivity contribution >= 4 is 0 Å². The van der Waals surface area contributed by atoms with Crippen LogP contribution < -0.4 is 10.6 Å². The van der Waals surface area contributed by atoms with Gasteiger partial charge in [0.2, 0.25) is 0 Å². The zero-order valence-corrected chi connectivity index (χ0v) is 10.3. The van der Waals surface area contributed by atoms with Crippen LogP contribution in [0.3, 0.4) is 0 Å². The predicted molar refractivity (Wildman–Crippen MR) is 65.3 cm³/mol. The normalized spacial score (nSPS) is 22.0. The highest BCUT2D eigenvalue weighted by Gasteiger charge is 2.12. The van der Waals surface area contributed by atoms with E-state index in [1.54, 1.807) is 0 Å². The van der Waals surface area contributed by atoms with E-state index in [-0.39, 0.29) is 0 Å². The first-order valence-corrected chi connectivity index (χ1v) is 6.19. The average molecular weight is 222 g/mol. The Balaban J connectivity index is 1.84. The molecule has 1 aromatic heterocycles. The van der Waals surface area contributed by atoms with Crippen molar-refractivity contribution in [3.05, 3.63) is 17.5 Å². The predicted octanol–water partition coefficient (Wildman–Crippen LogP) is 0.960. The van der Waals surface area contributed by atoms with E-state index in [9.17, 15) is 0 Å². The Morgan fingerprint density at radius 2 is 2.38 bits per heavy atom. The van der Waals surface area contributed by atoms with Gasteiger partial charge in [0, 0.05) is 30.9 Å². The molecule has 2 heterocycles. The van der Waals surface area contributed by atoms with Crippen molar-refractivity contribution in [2.45, 2.75) is 38.8 Å². The number of hydrogen-bond acceptors (Lipinski definition) is 3. The molecule has 1 unspecified atom stereocenters. The van der Waals surface area contributed by atoms with E-state index in [1.807, 2.05) is 17.9 Å². The van der Waals surface area contributed by atoms with Crippen LogP contribution in [0.5, 0.6) is 0 Å². The Morgan fingerprint density at radius 3 is 3.12 bits per heavy atom. The standard InChI is InChI=1S/C12H22N4/c1-10-11(9-15-16(10)2)8-14-12-4-3-6-13-7-5-12/h9,12-14H,3-8H2,1-2H3. The van der Waals surface area contributed by atoms with Crippen molar-refractivity contribution in [3.8, 4) is 0 Å². The molecule has 2 N–H and O–H groups in total. The molecule has 0 spiro atoms. The van der Waals surface area contributed by atoms with Crippen LogP contribution in [0.4, 0.5) is 0 Å². The monoisotopic (exact) mass is 222 g/mol. The van der Waals surface area contributed by atoms with E-state index in [1.165, 1.54) is 37.1 Å². The topological polar surface area (TPSA) is 41.9 Å². The molecule has 0 bridgehead atoms. The number of aryl methyl sites for hydroxylation is 1. The molecule has 1 aliphatic heterocycles. The third kappa shape index (κ3) is 2.83. The Kier molecular flexibility index (Phi) is 3.96. The molecule has 4 heteroatoms. The first-order chi connectivity index (χ1) is 7.77. The van der Waals surface area contributed by atoms with Gasteiger partial charge in [0.25, 0.3) is 0 Å². The number of hydrogen-bond donors (Lipinski definition) is 2. The summed E-state index contributed by atoms with van der Waals surface area (Å²) in [6.45, 7) is 5.39. The van der Waals surface area contributed by atoms with Gasteiger partial charge < -0.3 is 10.6 Å². The molecule has 0 amide bonds. The lowest BCUT2D eigenvalue weighted by molar-refractivity contribution is 0.468. The van der Waals surface area contributed by atoms with E-state index < -0.39 is 0 Å². The Morgan fingerprint density at radius 1 is 1.50 bits per heavy atom. The molecule has 1 saturated heterocycles. The van der Waals surface area contributed by atoms with Crippen LogP contribution >= 0.6 is 0 Å². The van der Waals surface area contributed by atoms with Crippen LogP contribution in [-0.4, -0.2) is 28.9 Å². The van der Waals surface area contributed by atoms with Crippen molar-refractivity contribution in [1.82, 2.24) is 20.4 Å². The van der Waals surface area contributed by atoms with Crippen molar-refractivity contribution in [1.29, 1.82) is 0 Å².